The molecule has 0 unspecified atom stereocenters. The third-order valence-corrected chi connectivity index (χ3v) is 5.86. The average Bonchev–Trinajstić information content (AvgIpc) is 2.68. The zero-order valence-corrected chi connectivity index (χ0v) is 16.3. The number of benzene rings is 2. The van der Waals surface area contributed by atoms with Crippen LogP contribution in [0.25, 0.3) is 11.1 Å². The predicted molar refractivity (Wildman–Crippen MR) is 103 cm³/mol. The molecule has 0 radical (unpaired) electrons. The number of carbonyl (C=O) groups is 1. The predicted octanol–water partition coefficient (Wildman–Crippen LogP) is 2.87. The Morgan fingerprint density at radius 1 is 1.14 bits per heavy atom. The minimum Gasteiger partial charge on any atom is -0.504 e. The summed E-state index contributed by atoms with van der Waals surface area (Å²) in [7, 11) is 6.64. The molecule has 4 rings (SSSR count). The molecule has 28 heavy (non-hydrogen) atoms. The number of nitrogens with zero attached hydrogens (tertiary/aromatic N) is 1. The van der Waals surface area contributed by atoms with Gasteiger partial charge in [0.1, 0.15) is 5.56 Å². The Morgan fingerprint density at radius 3 is 2.43 bits per heavy atom. The second-order valence-corrected chi connectivity index (χ2v) is 7.14. The van der Waals surface area contributed by atoms with Gasteiger partial charge in [0.25, 0.3) is 0 Å². The number of likely N-dealkylation sites (N-methyl/N-ethyl adjacent to an activating group) is 1. The van der Waals surface area contributed by atoms with Crippen LogP contribution in [0.5, 0.6) is 23.0 Å². The highest BCUT2D eigenvalue weighted by Crippen LogP contribution is 2.55. The molecule has 0 bridgehead atoms. The first-order valence-corrected chi connectivity index (χ1v) is 9.07. The second-order valence-electron chi connectivity index (χ2n) is 7.14. The van der Waals surface area contributed by atoms with Crippen LogP contribution >= 0.6 is 0 Å². The van der Waals surface area contributed by atoms with Gasteiger partial charge >= 0.3 is 5.97 Å². The van der Waals surface area contributed by atoms with E-state index in [9.17, 15) is 15.0 Å². The van der Waals surface area contributed by atoms with Crippen LogP contribution < -0.4 is 14.2 Å². The van der Waals surface area contributed by atoms with E-state index in [4.69, 9.17) is 14.2 Å². The number of hydrogen-bond donors (Lipinski definition) is 2. The molecule has 2 N–H and O–H groups in total. The second kappa shape index (κ2) is 6.60. The number of methoxy groups -OCH3 is 3. The van der Waals surface area contributed by atoms with Crippen molar-refractivity contribution >= 4 is 5.97 Å². The SMILES string of the molecule is COc1cc2c(cc1OC)-c1c(OC)c(O)c(C(=O)O)c3c1[C@H](C2)N(C)CC3. The van der Waals surface area contributed by atoms with Gasteiger partial charge in [-0.3, -0.25) is 4.90 Å². The van der Waals surface area contributed by atoms with Crippen molar-refractivity contribution in [3.8, 4) is 34.1 Å². The number of phenols is 1. The summed E-state index contributed by atoms with van der Waals surface area (Å²) in [4.78, 5) is 14.1. The summed E-state index contributed by atoms with van der Waals surface area (Å²) in [5.74, 6) is -0.0791. The maximum Gasteiger partial charge on any atom is 0.339 e. The van der Waals surface area contributed by atoms with Gasteiger partial charge in [0.15, 0.2) is 23.0 Å². The molecule has 2 aromatic carbocycles. The number of aromatic hydroxyl groups is 1. The highest BCUT2D eigenvalue weighted by molar-refractivity contribution is 5.98. The van der Waals surface area contributed by atoms with Crippen molar-refractivity contribution in [1.82, 2.24) is 4.90 Å². The van der Waals surface area contributed by atoms with Crippen LogP contribution in [-0.2, 0) is 12.8 Å². The molecule has 7 heteroatoms. The fourth-order valence-electron chi connectivity index (χ4n) is 4.56. The molecular formula is C21H23NO6. The smallest absolute Gasteiger partial charge is 0.339 e. The summed E-state index contributed by atoms with van der Waals surface area (Å²) < 4.78 is 16.5. The first-order chi connectivity index (χ1) is 13.4. The lowest BCUT2D eigenvalue weighted by Crippen LogP contribution is -2.36. The lowest BCUT2D eigenvalue weighted by Gasteiger charge is -2.41. The molecule has 1 heterocycles. The van der Waals surface area contributed by atoms with Gasteiger partial charge in [0.2, 0.25) is 0 Å². The van der Waals surface area contributed by atoms with Crippen LogP contribution in [0.1, 0.15) is 33.1 Å². The van der Waals surface area contributed by atoms with E-state index >= 15 is 0 Å². The van der Waals surface area contributed by atoms with Crippen molar-refractivity contribution in [1.29, 1.82) is 0 Å². The fraction of sp³-hybridized carbons (Fsp3) is 0.381. The number of rotatable bonds is 4. The number of ether oxygens (including phenoxy) is 3. The molecule has 0 saturated heterocycles. The zero-order chi connectivity index (χ0) is 20.2. The van der Waals surface area contributed by atoms with Gasteiger partial charge in [-0.1, -0.05) is 0 Å². The molecular weight excluding hydrogens is 362 g/mol. The molecule has 1 aliphatic heterocycles. The Morgan fingerprint density at radius 2 is 1.82 bits per heavy atom. The van der Waals surface area contributed by atoms with Crippen LogP contribution in [0.3, 0.4) is 0 Å². The Hall–Kier alpha value is -2.93. The summed E-state index contributed by atoms with van der Waals surface area (Å²) in [5.41, 5.74) is 4.18. The van der Waals surface area contributed by atoms with Crippen LogP contribution in [0, 0.1) is 0 Å². The largest absolute Gasteiger partial charge is 0.504 e. The van der Waals surface area contributed by atoms with Crippen LogP contribution in [0.15, 0.2) is 12.1 Å². The molecule has 0 spiro atoms. The molecule has 0 amide bonds. The van der Waals surface area contributed by atoms with E-state index in [2.05, 4.69) is 4.90 Å². The van der Waals surface area contributed by atoms with Crippen molar-refractivity contribution in [3.63, 3.8) is 0 Å². The van der Waals surface area contributed by atoms with E-state index in [1.807, 2.05) is 19.2 Å². The fourth-order valence-corrected chi connectivity index (χ4v) is 4.56. The normalized spacial score (nSPS) is 17.5. The van der Waals surface area contributed by atoms with Gasteiger partial charge in [0, 0.05) is 18.2 Å². The molecule has 7 nitrogen and oxygen atoms in total. The number of carboxylic acids is 1. The number of carboxylic acid groups (broad SMARTS) is 1. The number of hydrogen-bond acceptors (Lipinski definition) is 6. The van der Waals surface area contributed by atoms with Crippen LogP contribution in [0.4, 0.5) is 0 Å². The van der Waals surface area contributed by atoms with Crippen LogP contribution in [-0.4, -0.2) is 56.0 Å². The molecule has 0 fully saturated rings. The highest BCUT2D eigenvalue weighted by Gasteiger charge is 2.40. The van der Waals surface area contributed by atoms with Crippen LogP contribution in [0.2, 0.25) is 0 Å². The zero-order valence-electron chi connectivity index (χ0n) is 16.3. The maximum atomic E-state index is 11.9. The van der Waals surface area contributed by atoms with Crippen molar-refractivity contribution in [2.45, 2.75) is 18.9 Å². The lowest BCUT2D eigenvalue weighted by molar-refractivity contribution is 0.0690. The van der Waals surface area contributed by atoms with Gasteiger partial charge in [-0.15, -0.1) is 0 Å². The summed E-state index contributed by atoms with van der Waals surface area (Å²) in [6, 6.07) is 3.81. The third-order valence-electron chi connectivity index (χ3n) is 5.86. The minimum absolute atomic E-state index is 0.00282. The number of fused-ring (bicyclic) bond motifs is 2. The van der Waals surface area contributed by atoms with E-state index in [1.165, 1.54) is 7.11 Å². The maximum absolute atomic E-state index is 11.9. The van der Waals surface area contributed by atoms with Gasteiger partial charge in [-0.05, 0) is 54.3 Å². The topological polar surface area (TPSA) is 88.5 Å². The monoisotopic (exact) mass is 385 g/mol. The van der Waals surface area contributed by atoms with E-state index in [1.54, 1.807) is 14.2 Å². The van der Waals surface area contributed by atoms with Gasteiger partial charge in [-0.25, -0.2) is 4.79 Å². The molecule has 0 aromatic heterocycles. The molecule has 0 saturated carbocycles. The Balaban J connectivity index is 2.13. The average molecular weight is 385 g/mol. The lowest BCUT2D eigenvalue weighted by atomic mass is 9.75. The molecule has 1 atom stereocenters. The quantitative estimate of drug-likeness (QED) is 0.837. The Labute approximate surface area is 163 Å². The summed E-state index contributed by atoms with van der Waals surface area (Å²) in [6.45, 7) is 0.714. The summed E-state index contributed by atoms with van der Waals surface area (Å²) in [5, 5.41) is 20.5. The highest BCUT2D eigenvalue weighted by atomic mass is 16.5. The van der Waals surface area contributed by atoms with E-state index < -0.39 is 5.97 Å². The third kappa shape index (κ3) is 2.43. The Kier molecular flexibility index (Phi) is 4.34. The first kappa shape index (κ1) is 18.4. The minimum atomic E-state index is -1.14. The van der Waals surface area contributed by atoms with Gasteiger partial charge in [0.05, 0.1) is 21.3 Å². The van der Waals surface area contributed by atoms with Crippen molar-refractivity contribution in [3.05, 3.63) is 34.4 Å². The molecule has 2 aromatic rings. The van der Waals surface area contributed by atoms with Gasteiger partial charge < -0.3 is 24.4 Å². The first-order valence-electron chi connectivity index (χ1n) is 9.07. The summed E-state index contributed by atoms with van der Waals surface area (Å²) >= 11 is 0. The molecule has 2 aliphatic rings. The number of aromatic carboxylic acids is 1. The standard InChI is InChI=1S/C21H23NO6/c1-22-6-5-11-16-13(22)7-10-8-14(26-2)15(27-3)9-12(10)17(16)20(28-4)19(23)18(11)21(24)25/h8-9,13,23H,5-7H2,1-4H3,(H,24,25)/t13-/m0/s1. The Bertz CT molecular complexity index is 984. The van der Waals surface area contributed by atoms with Crippen molar-refractivity contribution in [2.75, 3.05) is 34.9 Å². The summed E-state index contributed by atoms with van der Waals surface area (Å²) in [6.07, 6.45) is 1.26. The van der Waals surface area contributed by atoms with Crippen molar-refractivity contribution < 1.29 is 29.2 Å². The van der Waals surface area contributed by atoms with Gasteiger partial charge in [-0.2, -0.15) is 0 Å². The molecule has 1 aliphatic carbocycles. The van der Waals surface area contributed by atoms with E-state index in [-0.39, 0.29) is 23.1 Å². The van der Waals surface area contributed by atoms with E-state index in [0.29, 0.717) is 36.4 Å². The van der Waals surface area contributed by atoms with E-state index in [0.717, 1.165) is 22.3 Å². The van der Waals surface area contributed by atoms with Crippen molar-refractivity contribution in [2.24, 2.45) is 0 Å². The molecule has 148 valence electrons.